The molecule has 0 radical (unpaired) electrons. The minimum absolute atomic E-state index is 0.309. The Labute approximate surface area is 93.4 Å². The maximum absolute atomic E-state index is 11.4. The highest BCUT2D eigenvalue weighted by Crippen LogP contribution is 2.05. The molecule has 0 aromatic rings. The van der Waals surface area contributed by atoms with Crippen molar-refractivity contribution in [2.75, 3.05) is 32.7 Å². The van der Waals surface area contributed by atoms with Crippen LogP contribution in [0, 0.1) is 0 Å². The van der Waals surface area contributed by atoms with Gasteiger partial charge in [-0.2, -0.15) is 0 Å². The van der Waals surface area contributed by atoms with E-state index in [-0.39, 0.29) is 0 Å². The molecule has 3 nitrogen and oxygen atoms in total. The molecule has 0 bridgehead atoms. The molecule has 1 heterocycles. The summed E-state index contributed by atoms with van der Waals surface area (Å²) in [6, 6.07) is 0. The summed E-state index contributed by atoms with van der Waals surface area (Å²) in [7, 11) is 0. The number of carbonyl (C=O) groups is 1. The maximum atomic E-state index is 11.4. The van der Waals surface area contributed by atoms with Crippen LogP contribution >= 0.6 is 0 Å². The monoisotopic (exact) mass is 212 g/mol. The summed E-state index contributed by atoms with van der Waals surface area (Å²) in [6.45, 7) is 9.37. The van der Waals surface area contributed by atoms with Gasteiger partial charge < -0.3 is 4.90 Å². The van der Waals surface area contributed by atoms with Crippen molar-refractivity contribution in [2.45, 2.75) is 39.5 Å². The van der Waals surface area contributed by atoms with Crippen LogP contribution in [0.5, 0.6) is 0 Å². The normalized spacial score (nSPS) is 18.1. The first-order chi connectivity index (χ1) is 7.27. The van der Waals surface area contributed by atoms with E-state index in [1.165, 1.54) is 25.8 Å². The first-order valence-corrected chi connectivity index (χ1v) is 6.28. The molecule has 0 atom stereocenters. The molecule has 88 valence electrons. The molecule has 0 aromatic heterocycles. The third-order valence-electron chi connectivity index (χ3n) is 3.11. The fourth-order valence-corrected chi connectivity index (χ4v) is 2.03. The van der Waals surface area contributed by atoms with E-state index < -0.39 is 0 Å². The Morgan fingerprint density at radius 2 is 1.73 bits per heavy atom. The zero-order valence-electron chi connectivity index (χ0n) is 10.2. The van der Waals surface area contributed by atoms with Crippen LogP contribution in [0.2, 0.25) is 0 Å². The topological polar surface area (TPSA) is 23.6 Å². The number of piperazine rings is 1. The van der Waals surface area contributed by atoms with E-state index in [0.717, 1.165) is 26.2 Å². The van der Waals surface area contributed by atoms with Crippen molar-refractivity contribution in [2.24, 2.45) is 0 Å². The fraction of sp³-hybridized carbons (Fsp3) is 0.917. The number of amides is 1. The van der Waals surface area contributed by atoms with Gasteiger partial charge in [-0.3, -0.25) is 9.69 Å². The van der Waals surface area contributed by atoms with Gasteiger partial charge in [-0.15, -0.1) is 0 Å². The Morgan fingerprint density at radius 1 is 1.07 bits per heavy atom. The summed E-state index contributed by atoms with van der Waals surface area (Å²) in [5.74, 6) is 0.309. The number of rotatable bonds is 5. The molecule has 0 spiro atoms. The van der Waals surface area contributed by atoms with Crippen LogP contribution in [0.15, 0.2) is 0 Å². The van der Waals surface area contributed by atoms with E-state index >= 15 is 0 Å². The summed E-state index contributed by atoms with van der Waals surface area (Å²) in [5, 5.41) is 0. The second kappa shape index (κ2) is 6.83. The first-order valence-electron chi connectivity index (χ1n) is 6.28. The van der Waals surface area contributed by atoms with E-state index in [4.69, 9.17) is 0 Å². The number of nitrogens with zero attached hydrogens (tertiary/aromatic N) is 2. The van der Waals surface area contributed by atoms with Crippen LogP contribution in [0.4, 0.5) is 0 Å². The number of carbonyl (C=O) groups excluding carboxylic acids is 1. The van der Waals surface area contributed by atoms with Crippen LogP contribution in [0.3, 0.4) is 0 Å². The second-order valence-electron chi connectivity index (χ2n) is 4.28. The van der Waals surface area contributed by atoms with Crippen LogP contribution in [0.1, 0.15) is 39.5 Å². The molecule has 1 aliphatic heterocycles. The lowest BCUT2D eigenvalue weighted by Crippen LogP contribution is -2.48. The van der Waals surface area contributed by atoms with Gasteiger partial charge in [0.1, 0.15) is 0 Å². The number of hydrogen-bond donors (Lipinski definition) is 0. The summed E-state index contributed by atoms with van der Waals surface area (Å²) < 4.78 is 0. The highest BCUT2D eigenvalue weighted by atomic mass is 16.2. The summed E-state index contributed by atoms with van der Waals surface area (Å²) in [4.78, 5) is 15.9. The lowest BCUT2D eigenvalue weighted by atomic mass is 10.2. The van der Waals surface area contributed by atoms with Gasteiger partial charge in [0.2, 0.25) is 5.91 Å². The second-order valence-corrected chi connectivity index (χ2v) is 4.28. The minimum Gasteiger partial charge on any atom is -0.340 e. The van der Waals surface area contributed by atoms with Crippen LogP contribution in [0.25, 0.3) is 0 Å². The zero-order chi connectivity index (χ0) is 11.1. The van der Waals surface area contributed by atoms with E-state index in [0.29, 0.717) is 12.3 Å². The Kier molecular flexibility index (Phi) is 5.69. The fourth-order valence-electron chi connectivity index (χ4n) is 2.03. The van der Waals surface area contributed by atoms with Crippen molar-refractivity contribution in [1.82, 2.24) is 9.80 Å². The average Bonchev–Trinajstić information content (AvgIpc) is 2.29. The largest absolute Gasteiger partial charge is 0.340 e. The molecule has 15 heavy (non-hydrogen) atoms. The summed E-state index contributed by atoms with van der Waals surface area (Å²) >= 11 is 0. The van der Waals surface area contributed by atoms with Crippen molar-refractivity contribution in [3.63, 3.8) is 0 Å². The SMILES string of the molecule is CCCCCN1CCN(C(=O)CC)CC1. The van der Waals surface area contributed by atoms with Crippen LogP contribution < -0.4 is 0 Å². The van der Waals surface area contributed by atoms with Crippen molar-refractivity contribution < 1.29 is 4.79 Å². The standard InChI is InChI=1S/C12H24N2O/c1-3-5-6-7-13-8-10-14(11-9-13)12(15)4-2/h3-11H2,1-2H3. The number of hydrogen-bond acceptors (Lipinski definition) is 2. The van der Waals surface area contributed by atoms with Gasteiger partial charge in [0.15, 0.2) is 0 Å². The highest BCUT2D eigenvalue weighted by molar-refractivity contribution is 5.75. The quantitative estimate of drug-likeness (QED) is 0.648. The van der Waals surface area contributed by atoms with Gasteiger partial charge in [-0.05, 0) is 13.0 Å². The molecule has 0 saturated carbocycles. The van der Waals surface area contributed by atoms with E-state index in [9.17, 15) is 4.79 Å². The molecule has 1 fully saturated rings. The van der Waals surface area contributed by atoms with Gasteiger partial charge in [0.25, 0.3) is 0 Å². The lowest BCUT2D eigenvalue weighted by molar-refractivity contribution is -0.132. The molecule has 1 saturated heterocycles. The Balaban J connectivity index is 2.15. The molecule has 0 unspecified atom stereocenters. The van der Waals surface area contributed by atoms with Gasteiger partial charge in [-0.25, -0.2) is 0 Å². The predicted molar refractivity (Wildman–Crippen MR) is 62.8 cm³/mol. The van der Waals surface area contributed by atoms with Crippen LogP contribution in [-0.2, 0) is 4.79 Å². The van der Waals surface area contributed by atoms with E-state index in [1.54, 1.807) is 0 Å². The third kappa shape index (κ3) is 4.20. The van der Waals surface area contributed by atoms with Crippen LogP contribution in [-0.4, -0.2) is 48.4 Å². The van der Waals surface area contributed by atoms with Gasteiger partial charge in [-0.1, -0.05) is 26.7 Å². The molecule has 0 aromatic carbocycles. The molecular formula is C12H24N2O. The lowest BCUT2D eigenvalue weighted by Gasteiger charge is -2.34. The van der Waals surface area contributed by atoms with E-state index in [1.807, 2.05) is 11.8 Å². The zero-order valence-corrected chi connectivity index (χ0v) is 10.2. The Bertz CT molecular complexity index is 186. The predicted octanol–water partition coefficient (Wildman–Crippen LogP) is 1.73. The highest BCUT2D eigenvalue weighted by Gasteiger charge is 2.18. The molecule has 1 amide bonds. The minimum atomic E-state index is 0.309. The van der Waals surface area contributed by atoms with Crippen molar-refractivity contribution in [1.29, 1.82) is 0 Å². The molecule has 0 N–H and O–H groups in total. The molecular weight excluding hydrogens is 188 g/mol. The van der Waals surface area contributed by atoms with Gasteiger partial charge >= 0.3 is 0 Å². The molecule has 1 rings (SSSR count). The number of unbranched alkanes of at least 4 members (excludes halogenated alkanes) is 2. The molecule has 0 aliphatic carbocycles. The third-order valence-corrected chi connectivity index (χ3v) is 3.11. The summed E-state index contributed by atoms with van der Waals surface area (Å²) in [6.07, 6.45) is 4.57. The maximum Gasteiger partial charge on any atom is 0.222 e. The Hall–Kier alpha value is -0.570. The van der Waals surface area contributed by atoms with Crippen molar-refractivity contribution in [3.05, 3.63) is 0 Å². The van der Waals surface area contributed by atoms with E-state index in [2.05, 4.69) is 11.8 Å². The molecule has 1 aliphatic rings. The Morgan fingerprint density at radius 3 is 2.27 bits per heavy atom. The van der Waals surface area contributed by atoms with Gasteiger partial charge in [0, 0.05) is 32.6 Å². The van der Waals surface area contributed by atoms with Crippen molar-refractivity contribution in [3.8, 4) is 0 Å². The summed E-state index contributed by atoms with van der Waals surface area (Å²) in [5.41, 5.74) is 0. The first kappa shape index (κ1) is 12.5. The average molecular weight is 212 g/mol. The van der Waals surface area contributed by atoms with Crippen molar-refractivity contribution >= 4 is 5.91 Å². The smallest absolute Gasteiger partial charge is 0.222 e. The molecule has 3 heteroatoms. The van der Waals surface area contributed by atoms with Gasteiger partial charge in [0.05, 0.1) is 0 Å².